The van der Waals surface area contributed by atoms with Gasteiger partial charge < -0.3 is 9.05 Å². The highest BCUT2D eigenvalue weighted by atomic mass is 32.2. The zero-order valence-corrected chi connectivity index (χ0v) is 14.0. The van der Waals surface area contributed by atoms with Crippen molar-refractivity contribution in [1.29, 1.82) is 0 Å². The predicted octanol–water partition coefficient (Wildman–Crippen LogP) is 3.87. The number of rotatable bonds is 6. The predicted molar refractivity (Wildman–Crippen MR) is 90.8 cm³/mol. The monoisotopic (exact) mass is 349 g/mol. The van der Waals surface area contributed by atoms with Gasteiger partial charge in [-0.05, 0) is 30.7 Å². The highest BCUT2D eigenvalue weighted by molar-refractivity contribution is 8.14. The van der Waals surface area contributed by atoms with Crippen LogP contribution < -0.4 is 14.1 Å². The maximum Gasteiger partial charge on any atom is 0.513 e. The number of hydrogen-bond acceptors (Lipinski definition) is 5. The largest absolute Gasteiger partial charge is 0.513 e. The molecule has 1 saturated heterocycles. The summed E-state index contributed by atoms with van der Waals surface area (Å²) < 4.78 is 24.3. The molecule has 0 spiro atoms. The van der Waals surface area contributed by atoms with Crippen molar-refractivity contribution in [2.45, 2.75) is 12.5 Å². The molecule has 1 unspecified atom stereocenters. The third-order valence-corrected chi connectivity index (χ3v) is 5.73. The summed E-state index contributed by atoms with van der Waals surface area (Å²) in [6.45, 7) is 0. The Morgan fingerprint density at radius 3 is 1.91 bits per heavy atom. The van der Waals surface area contributed by atoms with E-state index in [1.54, 1.807) is 48.5 Å². The van der Waals surface area contributed by atoms with Crippen LogP contribution in [0.4, 0.5) is 0 Å². The topological polar surface area (TPSA) is 64.6 Å². The Bertz CT molecular complexity index is 665. The third kappa shape index (κ3) is 4.38. The van der Waals surface area contributed by atoms with Gasteiger partial charge in [0.1, 0.15) is 11.5 Å². The number of benzene rings is 2. The van der Waals surface area contributed by atoms with Gasteiger partial charge in [-0.3, -0.25) is 4.79 Å². The molecule has 0 saturated carbocycles. The van der Waals surface area contributed by atoms with E-state index in [1.165, 1.54) is 11.8 Å². The summed E-state index contributed by atoms with van der Waals surface area (Å²) in [4.78, 5) is 11.8. The molecule has 2 aromatic rings. The van der Waals surface area contributed by atoms with Crippen molar-refractivity contribution < 1.29 is 18.4 Å². The molecule has 3 rings (SSSR count). The van der Waals surface area contributed by atoms with Crippen molar-refractivity contribution in [2.75, 3.05) is 5.75 Å². The first-order chi connectivity index (χ1) is 11.1. The number of para-hydroxylation sites is 2. The van der Waals surface area contributed by atoms with Crippen molar-refractivity contribution in [2.24, 2.45) is 0 Å². The van der Waals surface area contributed by atoms with E-state index in [0.717, 1.165) is 0 Å². The average molecular weight is 349 g/mol. The molecule has 7 heteroatoms. The fraction of sp³-hybridized carbons (Fsp3) is 0.188. The second kappa shape index (κ2) is 7.21. The van der Waals surface area contributed by atoms with Gasteiger partial charge in [-0.15, -0.1) is 0 Å². The van der Waals surface area contributed by atoms with Crippen LogP contribution >= 0.6 is 19.5 Å². The fourth-order valence-electron chi connectivity index (χ4n) is 2.12. The van der Waals surface area contributed by atoms with E-state index in [4.69, 9.17) is 9.05 Å². The molecule has 1 aliphatic heterocycles. The molecule has 2 aromatic carbocycles. The van der Waals surface area contributed by atoms with Crippen LogP contribution in [0.2, 0.25) is 0 Å². The smallest absolute Gasteiger partial charge is 0.405 e. The Balaban J connectivity index is 1.82. The molecule has 0 aromatic heterocycles. The van der Waals surface area contributed by atoms with Crippen LogP contribution in [0, 0.1) is 0 Å². The van der Waals surface area contributed by atoms with E-state index >= 15 is 0 Å². The number of carbonyl (C=O) groups is 1. The number of nitrogens with one attached hydrogen (secondary N) is 1. The Labute approximate surface area is 139 Å². The summed E-state index contributed by atoms with van der Waals surface area (Å²) >= 11 is 1.23. The number of hydrogen-bond donors (Lipinski definition) is 1. The lowest BCUT2D eigenvalue weighted by Crippen LogP contribution is -2.32. The van der Waals surface area contributed by atoms with Crippen molar-refractivity contribution >= 4 is 24.6 Å². The molecule has 1 fully saturated rings. The van der Waals surface area contributed by atoms with E-state index in [0.29, 0.717) is 23.7 Å². The fourth-order valence-corrected chi connectivity index (χ4v) is 4.70. The van der Waals surface area contributed by atoms with E-state index in [9.17, 15) is 9.36 Å². The summed E-state index contributed by atoms with van der Waals surface area (Å²) in [6.07, 6.45) is 0.601. The molecule has 0 amide bonds. The molecule has 1 N–H and O–H groups in total. The lowest BCUT2D eigenvalue weighted by atomic mass is 10.3. The van der Waals surface area contributed by atoms with Crippen LogP contribution in [0.15, 0.2) is 60.7 Å². The van der Waals surface area contributed by atoms with Crippen LogP contribution in [0.25, 0.3) is 0 Å². The van der Waals surface area contributed by atoms with Crippen molar-refractivity contribution in [3.63, 3.8) is 0 Å². The van der Waals surface area contributed by atoms with Crippen molar-refractivity contribution in [3.05, 3.63) is 60.7 Å². The molecule has 1 heterocycles. The van der Waals surface area contributed by atoms with Crippen LogP contribution in [0.3, 0.4) is 0 Å². The molecule has 120 valence electrons. The van der Waals surface area contributed by atoms with E-state index < -0.39 is 13.8 Å². The molecule has 0 radical (unpaired) electrons. The van der Waals surface area contributed by atoms with E-state index in [-0.39, 0.29) is 5.12 Å². The van der Waals surface area contributed by atoms with Gasteiger partial charge in [0.25, 0.3) is 0 Å². The zero-order valence-electron chi connectivity index (χ0n) is 12.3. The Kier molecular flexibility index (Phi) is 5.06. The summed E-state index contributed by atoms with van der Waals surface area (Å²) in [5.74, 6) is 1.53. The SMILES string of the molecule is O=C1SCCC1NP(=O)(Oc1ccccc1)Oc1ccccc1. The first kappa shape index (κ1) is 16.1. The Morgan fingerprint density at radius 2 is 1.48 bits per heavy atom. The standard InChI is InChI=1S/C16H16NO4PS/c18-16-15(11-12-23-16)17-22(19,20-13-7-3-1-4-8-13)21-14-9-5-2-6-10-14/h1-10,15H,11-12H2,(H,17,19). The van der Waals surface area contributed by atoms with Gasteiger partial charge in [0.2, 0.25) is 5.12 Å². The van der Waals surface area contributed by atoms with E-state index in [1.807, 2.05) is 12.1 Å². The lowest BCUT2D eigenvalue weighted by molar-refractivity contribution is -0.112. The average Bonchev–Trinajstić information content (AvgIpc) is 2.93. The van der Waals surface area contributed by atoms with Gasteiger partial charge in [-0.2, -0.15) is 5.09 Å². The first-order valence-electron chi connectivity index (χ1n) is 7.18. The Hall–Kier alpha value is -1.75. The molecular weight excluding hydrogens is 333 g/mol. The molecule has 1 aliphatic rings. The minimum Gasteiger partial charge on any atom is -0.405 e. The van der Waals surface area contributed by atoms with Crippen LogP contribution in [-0.4, -0.2) is 16.9 Å². The minimum absolute atomic E-state index is 0.0430. The van der Waals surface area contributed by atoms with Crippen LogP contribution in [0.1, 0.15) is 6.42 Å². The first-order valence-corrected chi connectivity index (χ1v) is 9.71. The normalized spacial score (nSPS) is 17.9. The van der Waals surface area contributed by atoms with Gasteiger partial charge in [-0.25, -0.2) is 4.57 Å². The minimum atomic E-state index is -3.73. The second-order valence-electron chi connectivity index (χ2n) is 4.94. The molecular formula is C16H16NO4PS. The lowest BCUT2D eigenvalue weighted by Gasteiger charge is -2.22. The van der Waals surface area contributed by atoms with Gasteiger partial charge >= 0.3 is 7.75 Å². The Morgan fingerprint density at radius 1 is 0.957 bits per heavy atom. The highest BCUT2D eigenvalue weighted by Gasteiger charge is 2.37. The zero-order chi connectivity index (χ0) is 16.1. The third-order valence-electron chi connectivity index (χ3n) is 3.19. The summed E-state index contributed by atoms with van der Waals surface area (Å²) in [5, 5.41) is 2.74. The molecule has 0 aliphatic carbocycles. The maximum atomic E-state index is 13.1. The molecule has 0 bridgehead atoms. The summed E-state index contributed by atoms with van der Waals surface area (Å²) in [7, 11) is -3.73. The number of thioether (sulfide) groups is 1. The second-order valence-corrected chi connectivity index (χ2v) is 7.66. The van der Waals surface area contributed by atoms with Crippen molar-refractivity contribution in [1.82, 2.24) is 5.09 Å². The summed E-state index contributed by atoms with van der Waals surface area (Å²) in [6, 6.07) is 17.0. The van der Waals surface area contributed by atoms with Gasteiger partial charge in [0.05, 0.1) is 6.04 Å². The molecule has 5 nitrogen and oxygen atoms in total. The van der Waals surface area contributed by atoms with E-state index in [2.05, 4.69) is 5.09 Å². The van der Waals surface area contributed by atoms with Gasteiger partial charge in [0.15, 0.2) is 0 Å². The van der Waals surface area contributed by atoms with Crippen LogP contribution in [-0.2, 0) is 9.36 Å². The summed E-state index contributed by atoms with van der Waals surface area (Å²) in [5.41, 5.74) is 0. The number of carbonyl (C=O) groups excluding carboxylic acids is 1. The highest BCUT2D eigenvalue weighted by Crippen LogP contribution is 2.46. The van der Waals surface area contributed by atoms with Gasteiger partial charge in [0, 0.05) is 5.75 Å². The van der Waals surface area contributed by atoms with Crippen molar-refractivity contribution in [3.8, 4) is 11.5 Å². The maximum absolute atomic E-state index is 13.1. The van der Waals surface area contributed by atoms with Gasteiger partial charge in [-0.1, -0.05) is 48.2 Å². The molecule has 23 heavy (non-hydrogen) atoms. The molecule has 1 atom stereocenters. The quantitative estimate of drug-likeness (QED) is 0.799. The van der Waals surface area contributed by atoms with Crippen LogP contribution in [0.5, 0.6) is 11.5 Å².